The van der Waals surface area contributed by atoms with Gasteiger partial charge in [0.05, 0.1) is 16.7 Å². The van der Waals surface area contributed by atoms with Crippen LogP contribution in [0.15, 0.2) is 120 Å². The van der Waals surface area contributed by atoms with Crippen molar-refractivity contribution < 1.29 is 4.42 Å². The molecule has 8 aromatic rings. The number of pyridine rings is 1. The summed E-state index contributed by atoms with van der Waals surface area (Å²) in [5.74, 6) is 0. The molecule has 0 atom stereocenters. The molecule has 0 radical (unpaired) electrons. The Labute approximate surface area is 200 Å². The highest BCUT2D eigenvalue weighted by atomic mass is 16.3. The molecule has 3 heteroatoms. The third-order valence-corrected chi connectivity index (χ3v) is 7.15. The molecule has 4 heterocycles. The molecule has 1 N–H and O–H groups in total. The van der Waals surface area contributed by atoms with Gasteiger partial charge >= 0.3 is 0 Å². The summed E-state index contributed by atoms with van der Waals surface area (Å²) in [6.07, 6.45) is 2.15. The van der Waals surface area contributed by atoms with E-state index in [4.69, 9.17) is 4.42 Å². The first-order valence-corrected chi connectivity index (χ1v) is 11.9. The minimum atomic E-state index is 0.922. The lowest BCUT2D eigenvalue weighted by molar-refractivity contribution is 0.669. The van der Waals surface area contributed by atoms with E-state index in [0.29, 0.717) is 0 Å². The van der Waals surface area contributed by atoms with E-state index >= 15 is 0 Å². The Kier molecular flexibility index (Phi) is 3.66. The van der Waals surface area contributed by atoms with Gasteiger partial charge in [-0.2, -0.15) is 0 Å². The number of hydrogen-bond acceptors (Lipinski definition) is 1. The maximum absolute atomic E-state index is 6.04. The average Bonchev–Trinajstić information content (AvgIpc) is 3.57. The topological polar surface area (TPSA) is 33.3 Å². The number of H-pyrrole nitrogens is 1. The molecule has 0 saturated heterocycles. The number of nitrogens with zero attached hydrogens (tertiary/aromatic N) is 1. The molecule has 0 aliphatic heterocycles. The van der Waals surface area contributed by atoms with Crippen molar-refractivity contribution in [3.63, 3.8) is 0 Å². The summed E-state index contributed by atoms with van der Waals surface area (Å²) in [5.41, 5.74) is 10.2. The van der Waals surface area contributed by atoms with Crippen LogP contribution in [0.2, 0.25) is 0 Å². The lowest BCUT2D eigenvalue weighted by Gasteiger charge is -2.05. The van der Waals surface area contributed by atoms with Crippen LogP contribution in [0.1, 0.15) is 0 Å². The molecule has 0 saturated carbocycles. The van der Waals surface area contributed by atoms with Gasteiger partial charge < -0.3 is 13.8 Å². The van der Waals surface area contributed by atoms with Crippen molar-refractivity contribution >= 4 is 49.3 Å². The van der Waals surface area contributed by atoms with Crippen LogP contribution in [0.5, 0.6) is 0 Å². The molecule has 0 amide bonds. The molecule has 0 aliphatic carbocycles. The van der Waals surface area contributed by atoms with E-state index < -0.39 is 0 Å². The molecular formula is C32H20N2O. The third-order valence-electron chi connectivity index (χ3n) is 7.15. The number of fused-ring (bicyclic) bond motifs is 8. The van der Waals surface area contributed by atoms with Gasteiger partial charge in [0.15, 0.2) is 0 Å². The van der Waals surface area contributed by atoms with E-state index in [2.05, 4.69) is 113 Å². The Hall–Kier alpha value is -4.76. The van der Waals surface area contributed by atoms with Gasteiger partial charge in [0.1, 0.15) is 11.2 Å². The number of aromatic nitrogens is 2. The zero-order valence-electron chi connectivity index (χ0n) is 18.8. The van der Waals surface area contributed by atoms with Crippen LogP contribution in [0.25, 0.3) is 71.6 Å². The highest BCUT2D eigenvalue weighted by molar-refractivity contribution is 6.20. The zero-order valence-corrected chi connectivity index (χ0v) is 18.8. The van der Waals surface area contributed by atoms with Crippen molar-refractivity contribution in [3.05, 3.63) is 115 Å². The van der Waals surface area contributed by atoms with Crippen molar-refractivity contribution in [2.75, 3.05) is 0 Å². The van der Waals surface area contributed by atoms with Gasteiger partial charge in [0.2, 0.25) is 0 Å². The van der Waals surface area contributed by atoms with Crippen LogP contribution in [0.3, 0.4) is 0 Å². The first-order valence-electron chi connectivity index (χ1n) is 11.9. The molecule has 0 bridgehead atoms. The van der Waals surface area contributed by atoms with Gasteiger partial charge in [-0.15, -0.1) is 0 Å². The van der Waals surface area contributed by atoms with Crippen molar-refractivity contribution in [2.24, 2.45) is 0 Å². The summed E-state index contributed by atoms with van der Waals surface area (Å²) in [7, 11) is 0. The SMILES string of the molecule is c1ccc(-c2c3[nH]c4ccc(-c5ccc6oc7ccccc7c6c5)cc4c3c3ccccn23)cc1. The van der Waals surface area contributed by atoms with E-state index in [1.54, 1.807) is 0 Å². The fourth-order valence-electron chi connectivity index (χ4n) is 5.56. The molecule has 0 unspecified atom stereocenters. The number of furan rings is 1. The van der Waals surface area contributed by atoms with Crippen LogP contribution in [0, 0.1) is 0 Å². The van der Waals surface area contributed by atoms with Crippen LogP contribution >= 0.6 is 0 Å². The lowest BCUT2D eigenvalue weighted by atomic mass is 10.0. The standard InChI is InChI=1S/C32H20N2O/c1-2-8-20(9-3-1)32-31-30(27-11-6-7-17-34(27)32)25-19-21(13-15-26(25)33-31)22-14-16-29-24(18-22)23-10-4-5-12-28(23)35-29/h1-19,33H. The first kappa shape index (κ1) is 18.6. The number of benzene rings is 4. The fourth-order valence-corrected chi connectivity index (χ4v) is 5.56. The molecule has 0 aliphatic rings. The second-order valence-corrected chi connectivity index (χ2v) is 9.12. The van der Waals surface area contributed by atoms with Crippen LogP contribution in [0.4, 0.5) is 0 Å². The van der Waals surface area contributed by atoms with E-state index in [0.717, 1.165) is 27.5 Å². The second-order valence-electron chi connectivity index (χ2n) is 9.12. The predicted molar refractivity (Wildman–Crippen MR) is 145 cm³/mol. The van der Waals surface area contributed by atoms with Crippen LogP contribution in [-0.2, 0) is 0 Å². The van der Waals surface area contributed by atoms with Crippen molar-refractivity contribution in [3.8, 4) is 22.4 Å². The first-order chi connectivity index (χ1) is 17.3. The minimum Gasteiger partial charge on any atom is -0.456 e. The number of hydrogen-bond donors (Lipinski definition) is 1. The maximum Gasteiger partial charge on any atom is 0.135 e. The molecule has 35 heavy (non-hydrogen) atoms. The van der Waals surface area contributed by atoms with Gasteiger partial charge in [-0.3, -0.25) is 0 Å². The van der Waals surface area contributed by atoms with Gasteiger partial charge in [-0.05, 0) is 53.6 Å². The number of rotatable bonds is 2. The highest BCUT2D eigenvalue weighted by Gasteiger charge is 2.18. The molecule has 0 spiro atoms. The third kappa shape index (κ3) is 2.61. The molecule has 0 fully saturated rings. The Morgan fingerprint density at radius 1 is 0.571 bits per heavy atom. The summed E-state index contributed by atoms with van der Waals surface area (Å²) in [6, 6.07) is 38.5. The summed E-state index contributed by atoms with van der Waals surface area (Å²) in [5, 5.41) is 4.80. The van der Waals surface area contributed by atoms with Gasteiger partial charge in [0, 0.05) is 38.8 Å². The van der Waals surface area contributed by atoms with Gasteiger partial charge in [-0.25, -0.2) is 0 Å². The largest absolute Gasteiger partial charge is 0.456 e. The molecular weight excluding hydrogens is 428 g/mol. The number of nitrogens with one attached hydrogen (secondary N) is 1. The maximum atomic E-state index is 6.04. The molecule has 4 aromatic heterocycles. The van der Waals surface area contributed by atoms with Crippen LogP contribution in [-0.4, -0.2) is 9.38 Å². The molecule has 3 nitrogen and oxygen atoms in total. The number of aromatic amines is 1. The van der Waals surface area contributed by atoms with Crippen molar-refractivity contribution in [1.29, 1.82) is 0 Å². The smallest absolute Gasteiger partial charge is 0.135 e. The predicted octanol–water partition coefficient (Wildman–Crippen LogP) is 8.81. The zero-order chi connectivity index (χ0) is 22.9. The minimum absolute atomic E-state index is 0.922. The average molecular weight is 449 g/mol. The fraction of sp³-hybridized carbons (Fsp3) is 0. The van der Waals surface area contributed by atoms with E-state index in [1.807, 2.05) is 12.1 Å². The van der Waals surface area contributed by atoms with E-state index in [1.165, 1.54) is 44.2 Å². The normalized spacial score (nSPS) is 12.0. The Morgan fingerprint density at radius 3 is 2.23 bits per heavy atom. The van der Waals surface area contributed by atoms with E-state index in [9.17, 15) is 0 Å². The summed E-state index contributed by atoms with van der Waals surface area (Å²) in [4.78, 5) is 3.73. The van der Waals surface area contributed by atoms with Crippen molar-refractivity contribution in [1.82, 2.24) is 9.38 Å². The summed E-state index contributed by atoms with van der Waals surface area (Å²) >= 11 is 0. The summed E-state index contributed by atoms with van der Waals surface area (Å²) < 4.78 is 8.34. The van der Waals surface area contributed by atoms with E-state index in [-0.39, 0.29) is 0 Å². The molecule has 8 rings (SSSR count). The van der Waals surface area contributed by atoms with Gasteiger partial charge in [0.25, 0.3) is 0 Å². The highest BCUT2D eigenvalue weighted by Crippen LogP contribution is 2.40. The lowest BCUT2D eigenvalue weighted by Crippen LogP contribution is -1.88. The molecule has 164 valence electrons. The Morgan fingerprint density at radius 2 is 1.31 bits per heavy atom. The van der Waals surface area contributed by atoms with Crippen molar-refractivity contribution in [2.45, 2.75) is 0 Å². The second kappa shape index (κ2) is 6.87. The number of para-hydroxylation sites is 1. The van der Waals surface area contributed by atoms with Gasteiger partial charge in [-0.1, -0.05) is 66.7 Å². The quantitative estimate of drug-likeness (QED) is 0.282. The molecule has 4 aromatic carbocycles. The van der Waals surface area contributed by atoms with Crippen LogP contribution < -0.4 is 0 Å². The Bertz CT molecular complexity index is 2050. The summed E-state index contributed by atoms with van der Waals surface area (Å²) in [6.45, 7) is 0. The monoisotopic (exact) mass is 448 g/mol. The Balaban J connectivity index is 1.41.